The molecular weight excluding hydrogens is 304 g/mol. The van der Waals surface area contributed by atoms with Crippen LogP contribution in [0, 0.1) is 0 Å². The molecule has 2 N–H and O–H groups in total. The number of nitrogens with zero attached hydrogens (tertiary/aromatic N) is 1. The summed E-state index contributed by atoms with van der Waals surface area (Å²) < 4.78 is 2.21. The van der Waals surface area contributed by atoms with Gasteiger partial charge in [-0.25, -0.2) is 0 Å². The Morgan fingerprint density at radius 1 is 0.560 bits per heavy atom. The van der Waals surface area contributed by atoms with Crippen LogP contribution < -0.4 is 5.73 Å². The van der Waals surface area contributed by atoms with Crippen LogP contribution in [0.15, 0.2) is 109 Å². The Bertz CT molecular complexity index is 844. The van der Waals surface area contributed by atoms with Gasteiger partial charge in [0.1, 0.15) is 5.54 Å². The number of hydrogen-bond donors (Lipinski definition) is 1. The molecule has 1 heterocycles. The molecule has 0 aliphatic heterocycles. The van der Waals surface area contributed by atoms with Crippen molar-refractivity contribution in [1.29, 1.82) is 0 Å². The van der Waals surface area contributed by atoms with Gasteiger partial charge in [0.15, 0.2) is 0 Å². The van der Waals surface area contributed by atoms with Crippen LogP contribution in [0.25, 0.3) is 0 Å². The van der Waals surface area contributed by atoms with Gasteiger partial charge in [-0.05, 0) is 22.8 Å². The maximum Gasteiger partial charge on any atom is 0.120 e. The smallest absolute Gasteiger partial charge is 0.120 e. The molecule has 0 aliphatic carbocycles. The van der Waals surface area contributed by atoms with E-state index in [1.807, 2.05) is 30.5 Å². The number of hydrogen-bond acceptors (Lipinski definition) is 1. The highest BCUT2D eigenvalue weighted by Gasteiger charge is 2.37. The second kappa shape index (κ2) is 6.33. The Morgan fingerprint density at radius 3 is 1.28 bits per heavy atom. The molecule has 2 nitrogen and oxygen atoms in total. The van der Waals surface area contributed by atoms with Crippen LogP contribution >= 0.6 is 0 Å². The Hall–Kier alpha value is -3.26. The quantitative estimate of drug-likeness (QED) is 0.531. The Labute approximate surface area is 148 Å². The molecule has 25 heavy (non-hydrogen) atoms. The van der Waals surface area contributed by atoms with Crippen LogP contribution in [0.5, 0.6) is 0 Å². The molecule has 0 aliphatic rings. The van der Waals surface area contributed by atoms with E-state index in [0.29, 0.717) is 0 Å². The van der Waals surface area contributed by atoms with Gasteiger partial charge in [-0.3, -0.25) is 0 Å². The summed E-state index contributed by atoms with van der Waals surface area (Å²) in [7, 11) is 0. The summed E-state index contributed by atoms with van der Waals surface area (Å²) >= 11 is 0. The Balaban J connectivity index is 2.12. The maximum absolute atomic E-state index is 6.09. The summed E-state index contributed by atoms with van der Waals surface area (Å²) in [6, 6.07) is 33.7. The van der Waals surface area contributed by atoms with E-state index < -0.39 is 5.54 Å². The zero-order valence-corrected chi connectivity index (χ0v) is 13.9. The lowest BCUT2D eigenvalue weighted by atomic mass is 9.77. The van der Waals surface area contributed by atoms with Crippen molar-refractivity contribution in [1.82, 2.24) is 4.57 Å². The van der Waals surface area contributed by atoms with Crippen molar-refractivity contribution in [2.24, 2.45) is 0 Å². The molecule has 0 spiro atoms. The first-order valence-corrected chi connectivity index (χ1v) is 8.42. The molecule has 1 aromatic heterocycles. The molecule has 0 unspecified atom stereocenters. The molecule has 0 atom stereocenters. The molecular formula is C23H20N2. The zero-order valence-electron chi connectivity index (χ0n) is 13.9. The Kier molecular flexibility index (Phi) is 3.87. The first-order valence-electron chi connectivity index (χ1n) is 8.42. The highest BCUT2D eigenvalue weighted by Crippen LogP contribution is 2.41. The van der Waals surface area contributed by atoms with E-state index in [2.05, 4.69) is 83.6 Å². The monoisotopic (exact) mass is 324 g/mol. The Morgan fingerprint density at radius 2 is 0.960 bits per heavy atom. The number of benzene rings is 3. The van der Waals surface area contributed by atoms with Gasteiger partial charge < -0.3 is 10.3 Å². The average Bonchev–Trinajstić information content (AvgIpc) is 3.12. The normalized spacial score (nSPS) is 11.4. The van der Waals surface area contributed by atoms with Crippen molar-refractivity contribution in [3.05, 3.63) is 126 Å². The van der Waals surface area contributed by atoms with Crippen LogP contribution in [0.2, 0.25) is 0 Å². The minimum absolute atomic E-state index is 0.471. The molecule has 122 valence electrons. The van der Waals surface area contributed by atoms with Gasteiger partial charge in [0.05, 0.1) is 0 Å². The van der Waals surface area contributed by atoms with Gasteiger partial charge in [0.25, 0.3) is 0 Å². The summed E-state index contributed by atoms with van der Waals surface area (Å²) in [5.41, 5.74) is 9.97. The van der Waals surface area contributed by atoms with Gasteiger partial charge in [-0.1, -0.05) is 91.0 Å². The molecule has 0 saturated heterocycles. The lowest BCUT2D eigenvalue weighted by molar-refractivity contribution is 0.518. The summed E-state index contributed by atoms with van der Waals surface area (Å²) in [5.74, 6) is 0. The van der Waals surface area contributed by atoms with E-state index in [-0.39, 0.29) is 0 Å². The van der Waals surface area contributed by atoms with E-state index >= 15 is 0 Å². The van der Waals surface area contributed by atoms with Crippen molar-refractivity contribution < 1.29 is 0 Å². The first-order chi connectivity index (χ1) is 12.3. The third-order valence-electron chi connectivity index (χ3n) is 4.68. The van der Waals surface area contributed by atoms with Crippen molar-refractivity contribution in [2.45, 2.75) is 5.54 Å². The van der Waals surface area contributed by atoms with Gasteiger partial charge in [-0.2, -0.15) is 0 Å². The molecule has 4 rings (SSSR count). The fourth-order valence-corrected chi connectivity index (χ4v) is 3.61. The van der Waals surface area contributed by atoms with Crippen molar-refractivity contribution in [3.8, 4) is 0 Å². The third-order valence-corrected chi connectivity index (χ3v) is 4.68. The van der Waals surface area contributed by atoms with Crippen LogP contribution in [-0.2, 0) is 5.54 Å². The van der Waals surface area contributed by atoms with Gasteiger partial charge in [0, 0.05) is 18.1 Å². The first kappa shape index (κ1) is 15.3. The average molecular weight is 324 g/mol. The topological polar surface area (TPSA) is 30.9 Å². The standard InChI is InChI=1S/C23H20N2/c24-22-16-17-25(18-22)23(19-10-4-1-5-11-19,20-12-6-2-7-13-20)21-14-8-3-9-15-21/h1-18H,24H2. The summed E-state index contributed by atoms with van der Waals surface area (Å²) in [4.78, 5) is 0. The van der Waals surface area contributed by atoms with E-state index in [1.165, 1.54) is 16.7 Å². The number of nitrogen functional groups attached to an aromatic ring is 1. The van der Waals surface area contributed by atoms with Crippen molar-refractivity contribution >= 4 is 5.69 Å². The predicted molar refractivity (Wildman–Crippen MR) is 103 cm³/mol. The number of aromatic nitrogens is 1. The SMILES string of the molecule is Nc1ccn(C(c2ccccc2)(c2ccccc2)c2ccccc2)c1. The van der Waals surface area contributed by atoms with Crippen molar-refractivity contribution in [2.75, 3.05) is 5.73 Å². The predicted octanol–water partition coefficient (Wildman–Crippen LogP) is 4.91. The van der Waals surface area contributed by atoms with Gasteiger partial charge in [0.2, 0.25) is 0 Å². The highest BCUT2D eigenvalue weighted by molar-refractivity contribution is 5.52. The van der Waals surface area contributed by atoms with Crippen LogP contribution in [-0.4, -0.2) is 4.57 Å². The summed E-state index contributed by atoms with van der Waals surface area (Å²) in [6.45, 7) is 0. The van der Waals surface area contributed by atoms with Gasteiger partial charge in [-0.15, -0.1) is 0 Å². The van der Waals surface area contributed by atoms with Gasteiger partial charge >= 0.3 is 0 Å². The van der Waals surface area contributed by atoms with Crippen LogP contribution in [0.1, 0.15) is 16.7 Å². The number of nitrogens with two attached hydrogens (primary N) is 1. The number of rotatable bonds is 4. The fourth-order valence-electron chi connectivity index (χ4n) is 3.61. The molecule has 0 radical (unpaired) electrons. The maximum atomic E-state index is 6.09. The second-order valence-electron chi connectivity index (χ2n) is 6.16. The molecule has 0 fully saturated rings. The molecule has 3 aromatic carbocycles. The molecule has 0 saturated carbocycles. The molecule has 4 aromatic rings. The molecule has 2 heteroatoms. The highest BCUT2D eigenvalue weighted by atomic mass is 15.1. The number of anilines is 1. The van der Waals surface area contributed by atoms with E-state index in [9.17, 15) is 0 Å². The lowest BCUT2D eigenvalue weighted by Gasteiger charge is -2.37. The van der Waals surface area contributed by atoms with Crippen LogP contribution in [0.3, 0.4) is 0 Å². The third kappa shape index (κ3) is 2.52. The summed E-state index contributed by atoms with van der Waals surface area (Å²) in [5, 5.41) is 0. The van der Waals surface area contributed by atoms with E-state index in [4.69, 9.17) is 5.73 Å². The minimum atomic E-state index is -0.471. The molecule has 0 amide bonds. The van der Waals surface area contributed by atoms with Crippen LogP contribution in [0.4, 0.5) is 5.69 Å². The lowest BCUT2D eigenvalue weighted by Crippen LogP contribution is -2.36. The summed E-state index contributed by atoms with van der Waals surface area (Å²) in [6.07, 6.45) is 4.06. The second-order valence-corrected chi connectivity index (χ2v) is 6.16. The van der Waals surface area contributed by atoms with E-state index in [1.54, 1.807) is 0 Å². The van der Waals surface area contributed by atoms with E-state index in [0.717, 1.165) is 5.69 Å². The van der Waals surface area contributed by atoms with Crippen molar-refractivity contribution in [3.63, 3.8) is 0 Å². The fraction of sp³-hybridized carbons (Fsp3) is 0.0435. The molecule has 0 bridgehead atoms. The largest absolute Gasteiger partial charge is 0.398 e. The minimum Gasteiger partial charge on any atom is -0.398 e. The zero-order chi connectivity index (χ0) is 17.1.